The third-order valence-electron chi connectivity index (χ3n) is 1.47. The van der Waals surface area contributed by atoms with E-state index in [1.54, 1.807) is 0 Å². The van der Waals surface area contributed by atoms with Crippen molar-refractivity contribution in [3.8, 4) is 11.8 Å². The molecule has 0 saturated heterocycles. The van der Waals surface area contributed by atoms with Gasteiger partial charge in [-0.2, -0.15) is 4.39 Å². The smallest absolute Gasteiger partial charge is 0.217 e. The van der Waals surface area contributed by atoms with Crippen molar-refractivity contribution < 1.29 is 9.18 Å². The number of amides is 1. The molecule has 0 fully saturated rings. The summed E-state index contributed by atoms with van der Waals surface area (Å²) < 4.78 is 12.7. The highest BCUT2D eigenvalue weighted by molar-refractivity contribution is 6.31. The number of carbonyl (C=O) groups is 1. The molecule has 1 rings (SSSR count). The highest BCUT2D eigenvalue weighted by atomic mass is 35.5. The van der Waals surface area contributed by atoms with Gasteiger partial charge in [0.1, 0.15) is 0 Å². The largest absolute Gasteiger partial charge is 0.345 e. The van der Waals surface area contributed by atoms with E-state index in [-0.39, 0.29) is 17.5 Å². The molecule has 0 radical (unpaired) electrons. The maximum absolute atomic E-state index is 12.7. The van der Waals surface area contributed by atoms with Gasteiger partial charge in [-0.25, -0.2) is 4.98 Å². The van der Waals surface area contributed by atoms with Gasteiger partial charge < -0.3 is 5.32 Å². The normalized spacial score (nSPS) is 9.00. The fourth-order valence-corrected chi connectivity index (χ4v) is 0.968. The molecule has 0 atom stereocenters. The molecule has 1 aromatic heterocycles. The standard InChI is InChI=1S/C10H8ClFN2O/c1-7(15)13-4-2-3-8-5-10(12)14-6-9(8)11/h5-6H,4H2,1H3,(H,13,15). The molecule has 0 unspecified atom stereocenters. The van der Waals surface area contributed by atoms with Crippen LogP contribution in [-0.4, -0.2) is 17.4 Å². The van der Waals surface area contributed by atoms with Gasteiger partial charge in [-0.1, -0.05) is 23.4 Å². The van der Waals surface area contributed by atoms with Gasteiger partial charge >= 0.3 is 0 Å². The second-order valence-corrected chi connectivity index (χ2v) is 3.11. The van der Waals surface area contributed by atoms with Gasteiger partial charge in [0.2, 0.25) is 11.9 Å². The number of aromatic nitrogens is 1. The van der Waals surface area contributed by atoms with Crippen molar-refractivity contribution in [1.82, 2.24) is 10.3 Å². The predicted octanol–water partition coefficient (Wildman–Crippen LogP) is 1.36. The van der Waals surface area contributed by atoms with Crippen LogP contribution in [0, 0.1) is 17.8 Å². The molecule has 0 aromatic carbocycles. The van der Waals surface area contributed by atoms with Crippen LogP contribution >= 0.6 is 11.6 Å². The lowest BCUT2D eigenvalue weighted by atomic mass is 10.3. The van der Waals surface area contributed by atoms with Crippen LogP contribution in [0.15, 0.2) is 12.3 Å². The highest BCUT2D eigenvalue weighted by Gasteiger charge is 1.99. The number of carbonyl (C=O) groups excluding carboxylic acids is 1. The summed E-state index contributed by atoms with van der Waals surface area (Å²) in [7, 11) is 0. The van der Waals surface area contributed by atoms with E-state index in [2.05, 4.69) is 22.1 Å². The zero-order valence-corrected chi connectivity index (χ0v) is 8.73. The van der Waals surface area contributed by atoms with E-state index < -0.39 is 5.95 Å². The minimum absolute atomic E-state index is 0.170. The van der Waals surface area contributed by atoms with Crippen molar-refractivity contribution in [2.75, 3.05) is 6.54 Å². The Kier molecular flexibility index (Phi) is 4.07. The van der Waals surface area contributed by atoms with E-state index in [0.717, 1.165) is 6.07 Å². The van der Waals surface area contributed by atoms with E-state index in [4.69, 9.17) is 11.6 Å². The first kappa shape index (κ1) is 11.5. The first-order chi connectivity index (χ1) is 7.09. The summed E-state index contributed by atoms with van der Waals surface area (Å²) in [5.74, 6) is 4.47. The van der Waals surface area contributed by atoms with E-state index >= 15 is 0 Å². The Morgan fingerprint density at radius 3 is 3.13 bits per heavy atom. The molecule has 0 aliphatic heterocycles. The molecule has 0 saturated carbocycles. The number of nitrogens with zero attached hydrogens (tertiary/aromatic N) is 1. The fraction of sp³-hybridized carbons (Fsp3) is 0.200. The summed E-state index contributed by atoms with van der Waals surface area (Å²) in [4.78, 5) is 13.9. The molecule has 5 heteroatoms. The molecule has 1 amide bonds. The fourth-order valence-electron chi connectivity index (χ4n) is 0.817. The van der Waals surface area contributed by atoms with Gasteiger partial charge in [-0.3, -0.25) is 4.79 Å². The number of rotatable bonds is 1. The van der Waals surface area contributed by atoms with Crippen LogP contribution in [-0.2, 0) is 4.79 Å². The third kappa shape index (κ3) is 3.96. The molecule has 0 aliphatic carbocycles. The Hall–Kier alpha value is -1.60. The molecule has 0 aliphatic rings. The van der Waals surface area contributed by atoms with E-state index in [1.807, 2.05) is 0 Å². The first-order valence-corrected chi connectivity index (χ1v) is 4.51. The predicted molar refractivity (Wildman–Crippen MR) is 54.8 cm³/mol. The quantitative estimate of drug-likeness (QED) is 0.580. The molecule has 1 heterocycles. The lowest BCUT2D eigenvalue weighted by Crippen LogP contribution is -2.19. The topological polar surface area (TPSA) is 42.0 Å². The SMILES string of the molecule is CC(=O)NCC#Cc1cc(F)ncc1Cl. The zero-order chi connectivity index (χ0) is 11.3. The van der Waals surface area contributed by atoms with E-state index in [1.165, 1.54) is 13.1 Å². The van der Waals surface area contributed by atoms with Crippen LogP contribution < -0.4 is 5.32 Å². The van der Waals surface area contributed by atoms with Crippen LogP contribution in [0.1, 0.15) is 12.5 Å². The Morgan fingerprint density at radius 1 is 1.73 bits per heavy atom. The van der Waals surface area contributed by atoms with Gasteiger partial charge in [0, 0.05) is 24.8 Å². The van der Waals surface area contributed by atoms with Crippen LogP contribution in [0.5, 0.6) is 0 Å². The van der Waals surface area contributed by atoms with Gasteiger partial charge in [0.25, 0.3) is 0 Å². The lowest BCUT2D eigenvalue weighted by Gasteiger charge is -1.95. The summed E-state index contributed by atoms with van der Waals surface area (Å²) in [5.41, 5.74) is 0.356. The second-order valence-electron chi connectivity index (χ2n) is 2.70. The van der Waals surface area contributed by atoms with Crippen molar-refractivity contribution in [2.24, 2.45) is 0 Å². The Bertz CT molecular complexity index is 437. The molecule has 1 aromatic rings. The maximum Gasteiger partial charge on any atom is 0.217 e. The summed E-state index contributed by atoms with van der Waals surface area (Å²) >= 11 is 5.72. The molecular weight excluding hydrogens is 219 g/mol. The summed E-state index contributed by atoms with van der Waals surface area (Å²) in [6.07, 6.45) is 1.19. The summed E-state index contributed by atoms with van der Waals surface area (Å²) in [6, 6.07) is 1.14. The number of pyridine rings is 1. The lowest BCUT2D eigenvalue weighted by molar-refractivity contribution is -0.118. The van der Waals surface area contributed by atoms with Crippen molar-refractivity contribution in [2.45, 2.75) is 6.92 Å². The maximum atomic E-state index is 12.7. The molecular formula is C10H8ClFN2O. The van der Waals surface area contributed by atoms with Crippen LogP contribution in [0.4, 0.5) is 4.39 Å². The van der Waals surface area contributed by atoms with Crippen molar-refractivity contribution in [3.05, 3.63) is 28.8 Å². The van der Waals surface area contributed by atoms with Crippen molar-refractivity contribution >= 4 is 17.5 Å². The van der Waals surface area contributed by atoms with Gasteiger partial charge in [-0.05, 0) is 0 Å². The molecule has 15 heavy (non-hydrogen) atoms. The minimum Gasteiger partial charge on any atom is -0.345 e. The van der Waals surface area contributed by atoms with Crippen molar-refractivity contribution in [3.63, 3.8) is 0 Å². The summed E-state index contributed by atoms with van der Waals surface area (Å²) in [5, 5.41) is 2.77. The number of hydrogen-bond donors (Lipinski definition) is 1. The minimum atomic E-state index is -0.636. The second kappa shape index (κ2) is 5.32. The average Bonchev–Trinajstić information content (AvgIpc) is 2.17. The third-order valence-corrected chi connectivity index (χ3v) is 1.77. The Morgan fingerprint density at radius 2 is 2.47 bits per heavy atom. The molecule has 0 spiro atoms. The highest BCUT2D eigenvalue weighted by Crippen LogP contribution is 2.13. The number of halogens is 2. The average molecular weight is 227 g/mol. The van der Waals surface area contributed by atoms with E-state index in [0.29, 0.717) is 5.56 Å². The van der Waals surface area contributed by atoms with Crippen molar-refractivity contribution in [1.29, 1.82) is 0 Å². The number of nitrogens with one attached hydrogen (secondary N) is 1. The molecule has 78 valence electrons. The molecule has 0 bridgehead atoms. The number of hydrogen-bond acceptors (Lipinski definition) is 2. The van der Waals surface area contributed by atoms with E-state index in [9.17, 15) is 9.18 Å². The molecule has 1 N–H and O–H groups in total. The van der Waals surface area contributed by atoms with Gasteiger partial charge in [-0.15, -0.1) is 0 Å². The summed E-state index contributed by atoms with van der Waals surface area (Å²) in [6.45, 7) is 1.59. The monoisotopic (exact) mass is 226 g/mol. The van der Waals surface area contributed by atoms with Gasteiger partial charge in [0.15, 0.2) is 0 Å². The van der Waals surface area contributed by atoms with Crippen LogP contribution in [0.3, 0.4) is 0 Å². The van der Waals surface area contributed by atoms with Gasteiger partial charge in [0.05, 0.1) is 11.6 Å². The first-order valence-electron chi connectivity index (χ1n) is 4.14. The zero-order valence-electron chi connectivity index (χ0n) is 7.97. The Balaban J connectivity index is 2.71. The molecule has 3 nitrogen and oxygen atoms in total. The van der Waals surface area contributed by atoms with Crippen LogP contribution in [0.2, 0.25) is 5.02 Å². The van der Waals surface area contributed by atoms with Crippen LogP contribution in [0.25, 0.3) is 0 Å². The Labute approximate surface area is 91.7 Å².